The molecule has 0 saturated carbocycles. The van der Waals surface area contributed by atoms with E-state index in [2.05, 4.69) is 22.6 Å². The summed E-state index contributed by atoms with van der Waals surface area (Å²) in [5.74, 6) is 0. The third-order valence-electron chi connectivity index (χ3n) is 2.56. The van der Waals surface area contributed by atoms with Crippen molar-refractivity contribution in [3.63, 3.8) is 0 Å². The van der Waals surface area contributed by atoms with E-state index in [1.54, 1.807) is 13.8 Å². The Morgan fingerprint density at radius 3 is 2.25 bits per heavy atom. The molecule has 1 unspecified atom stereocenters. The van der Waals surface area contributed by atoms with Crippen LogP contribution in [0.25, 0.3) is 0 Å². The van der Waals surface area contributed by atoms with Crippen LogP contribution in [0, 0.1) is 0 Å². The van der Waals surface area contributed by atoms with E-state index in [4.69, 9.17) is 4.74 Å². The number of ether oxygens (including phenoxy) is 1. The maximum absolute atomic E-state index is 11.0. The largest absolute Gasteiger partial charge is 0.438 e. The summed E-state index contributed by atoms with van der Waals surface area (Å²) in [6.07, 6.45) is -0.667. The molecule has 0 aromatic carbocycles. The Balaban J connectivity index is 3.02. The van der Waals surface area contributed by atoms with Gasteiger partial charge in [0, 0.05) is 4.43 Å². The fraction of sp³-hybridized carbons (Fsp3) is 0.857. The number of halogens is 1. The van der Waals surface area contributed by atoms with Gasteiger partial charge in [-0.25, -0.2) is 4.79 Å². The Morgan fingerprint density at radius 2 is 2.08 bits per heavy atom. The predicted molar refractivity (Wildman–Crippen MR) is 51.5 cm³/mol. The molecule has 0 spiro atoms. The zero-order valence-electron chi connectivity index (χ0n) is 7.30. The van der Waals surface area contributed by atoms with Crippen molar-refractivity contribution in [2.24, 2.45) is 0 Å². The Bertz CT molecular complexity index is 216. The molecule has 1 N–H and O–H groups in total. The van der Waals surface area contributed by atoms with Crippen LogP contribution >= 0.6 is 22.6 Å². The van der Waals surface area contributed by atoms with E-state index in [0.717, 1.165) is 0 Å². The molecule has 1 saturated heterocycles. The van der Waals surface area contributed by atoms with Crippen LogP contribution < -0.4 is 0 Å². The van der Waals surface area contributed by atoms with Crippen LogP contribution in [0.15, 0.2) is 0 Å². The first-order valence-electron chi connectivity index (χ1n) is 3.63. The highest BCUT2D eigenvalue weighted by Gasteiger charge is 2.56. The van der Waals surface area contributed by atoms with Crippen LogP contribution in [0.4, 0.5) is 4.79 Å². The molecule has 1 atom stereocenters. The van der Waals surface area contributed by atoms with Crippen molar-refractivity contribution in [3.05, 3.63) is 0 Å². The lowest BCUT2D eigenvalue weighted by molar-refractivity contribution is -0.109. The molecule has 12 heavy (non-hydrogen) atoms. The van der Waals surface area contributed by atoms with E-state index in [1.165, 1.54) is 0 Å². The number of rotatable bonds is 1. The average Bonchev–Trinajstić information content (AvgIpc) is 2.14. The number of hydrogen-bond acceptors (Lipinski definition) is 3. The summed E-state index contributed by atoms with van der Waals surface area (Å²) in [4.78, 5) is 11.0. The maximum Gasteiger partial charge on any atom is 0.435 e. The third kappa shape index (κ3) is 1.10. The number of carbonyl (C=O) groups excluding carboxylic acids is 1. The second-order valence-corrected chi connectivity index (χ2v) is 4.37. The molecule has 1 rings (SSSR count). The van der Waals surface area contributed by atoms with Gasteiger partial charge in [-0.3, -0.25) is 5.21 Å². The number of carbonyl (C=O) groups is 1. The highest BCUT2D eigenvalue weighted by Crippen LogP contribution is 2.38. The predicted octanol–water partition coefficient (Wildman–Crippen LogP) is 1.80. The van der Waals surface area contributed by atoms with Crippen molar-refractivity contribution in [2.45, 2.75) is 31.9 Å². The Hall–Kier alpha value is -0.0400. The van der Waals surface area contributed by atoms with Gasteiger partial charge >= 0.3 is 6.09 Å². The summed E-state index contributed by atoms with van der Waals surface area (Å²) >= 11 is 2.14. The topological polar surface area (TPSA) is 49.8 Å². The fourth-order valence-corrected chi connectivity index (χ4v) is 2.09. The molecule has 1 aliphatic rings. The van der Waals surface area contributed by atoms with Gasteiger partial charge in [0.05, 0.1) is 0 Å². The zero-order valence-corrected chi connectivity index (χ0v) is 9.45. The molecule has 4 nitrogen and oxygen atoms in total. The lowest BCUT2D eigenvalue weighted by atomic mass is 9.87. The lowest BCUT2D eigenvalue weighted by Gasteiger charge is -2.34. The molecule has 0 aliphatic carbocycles. The lowest BCUT2D eigenvalue weighted by Crippen LogP contribution is -2.52. The van der Waals surface area contributed by atoms with Gasteiger partial charge in [0.1, 0.15) is 11.1 Å². The SMILES string of the molecule is CC1(CI)OC(=O)N(O)C1(C)C. The van der Waals surface area contributed by atoms with Crippen LogP contribution in [-0.4, -0.2) is 31.9 Å². The molecule has 0 radical (unpaired) electrons. The van der Waals surface area contributed by atoms with Gasteiger partial charge in [0.15, 0.2) is 0 Å². The Morgan fingerprint density at radius 1 is 1.58 bits per heavy atom. The minimum Gasteiger partial charge on any atom is -0.438 e. The van der Waals surface area contributed by atoms with Crippen LogP contribution in [-0.2, 0) is 4.74 Å². The zero-order chi connectivity index (χ0) is 9.57. The van der Waals surface area contributed by atoms with E-state index < -0.39 is 17.2 Å². The summed E-state index contributed by atoms with van der Waals surface area (Å²) in [5.41, 5.74) is -1.27. The minimum atomic E-state index is -0.667. The number of cyclic esters (lactones) is 1. The highest BCUT2D eigenvalue weighted by atomic mass is 127. The van der Waals surface area contributed by atoms with Gasteiger partial charge in [-0.1, -0.05) is 22.6 Å². The fourth-order valence-electron chi connectivity index (χ4n) is 1.00. The summed E-state index contributed by atoms with van der Waals surface area (Å²) in [7, 11) is 0. The van der Waals surface area contributed by atoms with Crippen LogP contribution in [0.2, 0.25) is 0 Å². The van der Waals surface area contributed by atoms with Crippen molar-refractivity contribution in [3.8, 4) is 0 Å². The smallest absolute Gasteiger partial charge is 0.435 e. The normalized spacial score (nSPS) is 33.8. The molecule has 1 fully saturated rings. The standard InChI is InChI=1S/C7H12INO3/c1-6(2)7(3,4-8)12-5(10)9(6)11/h11H,4H2,1-3H3. The molecule has 1 amide bonds. The van der Waals surface area contributed by atoms with Crippen molar-refractivity contribution in [1.29, 1.82) is 0 Å². The van der Waals surface area contributed by atoms with Crippen LogP contribution in [0.3, 0.4) is 0 Å². The Labute approximate surface area is 85.0 Å². The average molecular weight is 285 g/mol. The van der Waals surface area contributed by atoms with E-state index in [-0.39, 0.29) is 0 Å². The maximum atomic E-state index is 11.0. The molecular weight excluding hydrogens is 273 g/mol. The number of amides is 1. The molecule has 5 heteroatoms. The van der Waals surface area contributed by atoms with Gasteiger partial charge < -0.3 is 4.74 Å². The van der Waals surface area contributed by atoms with Gasteiger partial charge in [-0.05, 0) is 20.8 Å². The highest BCUT2D eigenvalue weighted by molar-refractivity contribution is 14.1. The summed E-state index contributed by atoms with van der Waals surface area (Å²) < 4.78 is 5.71. The number of nitrogens with zero attached hydrogens (tertiary/aromatic N) is 1. The van der Waals surface area contributed by atoms with Crippen molar-refractivity contribution in [1.82, 2.24) is 5.06 Å². The van der Waals surface area contributed by atoms with Crippen molar-refractivity contribution < 1.29 is 14.7 Å². The van der Waals surface area contributed by atoms with Gasteiger partial charge in [0.2, 0.25) is 0 Å². The molecule has 0 aromatic heterocycles. The number of hydroxylamine groups is 2. The van der Waals surface area contributed by atoms with E-state index in [1.807, 2.05) is 6.92 Å². The second-order valence-electron chi connectivity index (χ2n) is 3.60. The first kappa shape index (κ1) is 10.0. The minimum absolute atomic E-state index is 0.612. The van der Waals surface area contributed by atoms with Crippen LogP contribution in [0.5, 0.6) is 0 Å². The van der Waals surface area contributed by atoms with Crippen molar-refractivity contribution >= 4 is 28.7 Å². The quantitative estimate of drug-likeness (QED) is 0.454. The van der Waals surface area contributed by atoms with E-state index in [0.29, 0.717) is 9.49 Å². The Kier molecular flexibility index (Phi) is 2.28. The summed E-state index contributed by atoms with van der Waals surface area (Å²) in [5, 5.41) is 10.0. The van der Waals surface area contributed by atoms with Crippen molar-refractivity contribution in [2.75, 3.05) is 4.43 Å². The van der Waals surface area contributed by atoms with E-state index >= 15 is 0 Å². The molecular formula is C7H12INO3. The second kappa shape index (κ2) is 2.73. The van der Waals surface area contributed by atoms with Crippen LogP contribution in [0.1, 0.15) is 20.8 Å². The first-order valence-corrected chi connectivity index (χ1v) is 5.16. The number of hydrogen-bond donors (Lipinski definition) is 1. The van der Waals surface area contributed by atoms with Gasteiger partial charge in [-0.15, -0.1) is 0 Å². The molecule has 1 heterocycles. The summed E-state index contributed by atoms with van der Waals surface area (Å²) in [6.45, 7) is 5.36. The summed E-state index contributed by atoms with van der Waals surface area (Å²) in [6, 6.07) is 0. The number of alkyl halides is 1. The first-order chi connectivity index (χ1) is 5.35. The molecule has 0 aromatic rings. The monoisotopic (exact) mass is 285 g/mol. The van der Waals surface area contributed by atoms with Gasteiger partial charge in [0.25, 0.3) is 0 Å². The van der Waals surface area contributed by atoms with E-state index in [9.17, 15) is 10.0 Å². The molecule has 1 aliphatic heterocycles. The van der Waals surface area contributed by atoms with Gasteiger partial charge in [-0.2, -0.15) is 5.06 Å². The molecule has 0 bridgehead atoms. The third-order valence-corrected chi connectivity index (χ3v) is 4.02. The molecule has 70 valence electrons.